The van der Waals surface area contributed by atoms with E-state index in [-0.39, 0.29) is 15.5 Å². The van der Waals surface area contributed by atoms with Gasteiger partial charge in [0.15, 0.2) is 10.7 Å². The molecular formula is C17H15ClN6O2S2. The van der Waals surface area contributed by atoms with Crippen LogP contribution in [0.5, 0.6) is 0 Å². The number of fused-ring (bicyclic) bond motifs is 1. The Balaban J connectivity index is 1.60. The van der Waals surface area contributed by atoms with Crippen LogP contribution in [0.2, 0.25) is 5.02 Å². The SMILES string of the molecule is CC1(NS(=O)(=O)c2cc(Cl)c3ncc(-c4nnc(C5(C#N)CC5)s4)n3c2)CC1. The van der Waals surface area contributed by atoms with Gasteiger partial charge in [0.25, 0.3) is 0 Å². The van der Waals surface area contributed by atoms with Crippen LogP contribution in [0.15, 0.2) is 23.4 Å². The first-order chi connectivity index (χ1) is 13.3. The van der Waals surface area contributed by atoms with Crippen LogP contribution in [0.25, 0.3) is 16.3 Å². The Hall–Kier alpha value is -2.06. The van der Waals surface area contributed by atoms with E-state index in [1.54, 1.807) is 10.6 Å². The first kappa shape index (κ1) is 18.0. The summed E-state index contributed by atoms with van der Waals surface area (Å²) in [5.41, 5.74) is 0.115. The van der Waals surface area contributed by atoms with Gasteiger partial charge in [-0.05, 0) is 38.7 Å². The number of nitrogens with zero attached hydrogens (tertiary/aromatic N) is 5. The Morgan fingerprint density at radius 3 is 2.71 bits per heavy atom. The molecule has 2 saturated carbocycles. The molecule has 0 amide bonds. The highest BCUT2D eigenvalue weighted by Crippen LogP contribution is 2.49. The summed E-state index contributed by atoms with van der Waals surface area (Å²) in [6, 6.07) is 3.71. The van der Waals surface area contributed by atoms with Crippen LogP contribution in [-0.4, -0.2) is 33.5 Å². The predicted octanol–water partition coefficient (Wildman–Crippen LogP) is 2.89. The largest absolute Gasteiger partial charge is 0.295 e. The number of hydrogen-bond donors (Lipinski definition) is 1. The third-order valence-electron chi connectivity index (χ3n) is 5.24. The molecule has 2 fully saturated rings. The molecule has 0 spiro atoms. The second-order valence-corrected chi connectivity index (χ2v) is 10.7. The normalized spacial score (nSPS) is 19.5. The van der Waals surface area contributed by atoms with Crippen LogP contribution in [-0.2, 0) is 15.4 Å². The fraction of sp³-hybridized carbons (Fsp3) is 0.412. The topological polar surface area (TPSA) is 113 Å². The minimum atomic E-state index is -3.72. The predicted molar refractivity (Wildman–Crippen MR) is 104 cm³/mol. The maximum absolute atomic E-state index is 12.8. The lowest BCUT2D eigenvalue weighted by atomic mass is 10.1. The molecule has 0 radical (unpaired) electrons. The highest BCUT2D eigenvalue weighted by atomic mass is 35.5. The van der Waals surface area contributed by atoms with E-state index in [0.29, 0.717) is 21.4 Å². The Bertz CT molecular complexity index is 1260. The highest BCUT2D eigenvalue weighted by Gasteiger charge is 2.48. The molecular weight excluding hydrogens is 420 g/mol. The number of pyridine rings is 1. The lowest BCUT2D eigenvalue weighted by Gasteiger charge is -2.13. The van der Waals surface area contributed by atoms with Gasteiger partial charge >= 0.3 is 0 Å². The molecule has 0 bridgehead atoms. The molecule has 0 aliphatic heterocycles. The summed E-state index contributed by atoms with van der Waals surface area (Å²) in [6.07, 6.45) is 6.27. The number of nitrogens with one attached hydrogen (secondary N) is 1. The van der Waals surface area contributed by atoms with E-state index in [1.165, 1.54) is 23.6 Å². The molecule has 144 valence electrons. The molecule has 0 saturated heterocycles. The van der Waals surface area contributed by atoms with Gasteiger partial charge in [-0.25, -0.2) is 18.1 Å². The van der Waals surface area contributed by atoms with Gasteiger partial charge in [0, 0.05) is 11.7 Å². The fourth-order valence-corrected chi connectivity index (χ4v) is 5.88. The zero-order chi connectivity index (χ0) is 19.7. The van der Waals surface area contributed by atoms with E-state index in [2.05, 4.69) is 26.0 Å². The van der Waals surface area contributed by atoms with Gasteiger partial charge in [0.05, 0.1) is 17.3 Å². The van der Waals surface area contributed by atoms with Crippen molar-refractivity contribution in [2.24, 2.45) is 0 Å². The van der Waals surface area contributed by atoms with E-state index in [4.69, 9.17) is 11.6 Å². The van der Waals surface area contributed by atoms with Crippen molar-refractivity contribution in [3.8, 4) is 16.8 Å². The van der Waals surface area contributed by atoms with Gasteiger partial charge < -0.3 is 0 Å². The lowest BCUT2D eigenvalue weighted by molar-refractivity contribution is 0.557. The second-order valence-electron chi connectivity index (χ2n) is 7.63. The molecule has 5 rings (SSSR count). The standard InChI is InChI=1S/C17H15ClN6O2S2/c1-16(2-3-16)23-28(25,26)10-6-11(18)13-20-7-12(24(13)8-10)14-21-22-15(27-14)17(9-19)4-5-17/h6-8,23H,2-5H2,1H3. The number of rotatable bonds is 5. The van der Waals surface area contributed by atoms with Crippen LogP contribution in [0.4, 0.5) is 0 Å². The average molecular weight is 435 g/mol. The van der Waals surface area contributed by atoms with Gasteiger partial charge in [-0.1, -0.05) is 22.9 Å². The van der Waals surface area contributed by atoms with Crippen LogP contribution < -0.4 is 4.72 Å². The molecule has 1 N–H and O–H groups in total. The maximum Gasteiger partial charge on any atom is 0.242 e. The Morgan fingerprint density at radius 1 is 1.32 bits per heavy atom. The zero-order valence-electron chi connectivity index (χ0n) is 14.8. The first-order valence-electron chi connectivity index (χ1n) is 8.72. The van der Waals surface area contributed by atoms with Crippen molar-refractivity contribution < 1.29 is 8.42 Å². The monoisotopic (exact) mass is 434 g/mol. The minimum Gasteiger partial charge on any atom is -0.295 e. The number of hydrogen-bond acceptors (Lipinski definition) is 7. The van der Waals surface area contributed by atoms with Crippen LogP contribution in [0.3, 0.4) is 0 Å². The lowest BCUT2D eigenvalue weighted by Crippen LogP contribution is -2.34. The quantitative estimate of drug-likeness (QED) is 0.660. The number of halogens is 1. The van der Waals surface area contributed by atoms with Crippen LogP contribution >= 0.6 is 22.9 Å². The molecule has 28 heavy (non-hydrogen) atoms. The van der Waals surface area contributed by atoms with Crippen molar-refractivity contribution in [1.29, 1.82) is 5.26 Å². The zero-order valence-corrected chi connectivity index (χ0v) is 17.2. The Kier molecular flexibility index (Phi) is 3.68. The summed E-state index contributed by atoms with van der Waals surface area (Å²) in [5.74, 6) is 0. The van der Waals surface area contributed by atoms with Crippen molar-refractivity contribution >= 4 is 38.6 Å². The number of imidazole rings is 1. The Morgan fingerprint density at radius 2 is 2.07 bits per heavy atom. The number of aromatic nitrogens is 4. The molecule has 8 nitrogen and oxygen atoms in total. The highest BCUT2D eigenvalue weighted by molar-refractivity contribution is 7.89. The van der Waals surface area contributed by atoms with Crippen molar-refractivity contribution in [1.82, 2.24) is 24.3 Å². The van der Waals surface area contributed by atoms with Gasteiger partial charge in [-0.3, -0.25) is 4.40 Å². The number of sulfonamides is 1. The van der Waals surface area contributed by atoms with E-state index < -0.39 is 15.4 Å². The molecule has 2 aliphatic rings. The smallest absolute Gasteiger partial charge is 0.242 e. The van der Waals surface area contributed by atoms with Crippen molar-refractivity contribution in [2.45, 2.75) is 48.5 Å². The molecule has 2 aliphatic carbocycles. The molecule has 3 heterocycles. The van der Waals surface area contributed by atoms with E-state index >= 15 is 0 Å². The van der Waals surface area contributed by atoms with Crippen LogP contribution in [0.1, 0.15) is 37.6 Å². The van der Waals surface area contributed by atoms with Gasteiger partial charge in [0.2, 0.25) is 10.0 Å². The summed E-state index contributed by atoms with van der Waals surface area (Å²) in [5, 5.41) is 19.2. The minimum absolute atomic E-state index is 0.0674. The summed E-state index contributed by atoms with van der Waals surface area (Å²) in [6.45, 7) is 1.87. The molecule has 11 heteroatoms. The van der Waals surface area contributed by atoms with Gasteiger partial charge in [-0.2, -0.15) is 5.26 Å². The molecule has 0 aromatic carbocycles. The van der Waals surface area contributed by atoms with Crippen molar-refractivity contribution in [3.63, 3.8) is 0 Å². The fourth-order valence-electron chi connectivity index (χ4n) is 3.02. The van der Waals surface area contributed by atoms with Crippen molar-refractivity contribution in [2.75, 3.05) is 0 Å². The number of nitriles is 1. The van der Waals surface area contributed by atoms with E-state index in [9.17, 15) is 13.7 Å². The third kappa shape index (κ3) is 2.81. The average Bonchev–Trinajstić information content (AvgIpc) is 3.46. The van der Waals surface area contributed by atoms with E-state index in [1.807, 2.05) is 6.92 Å². The van der Waals surface area contributed by atoms with Crippen LogP contribution in [0, 0.1) is 11.3 Å². The molecule has 3 aromatic heterocycles. The molecule has 3 aromatic rings. The first-order valence-corrected chi connectivity index (χ1v) is 11.4. The third-order valence-corrected chi connectivity index (χ3v) is 8.28. The van der Waals surface area contributed by atoms with Gasteiger partial charge in [-0.15, -0.1) is 10.2 Å². The summed E-state index contributed by atoms with van der Waals surface area (Å²) >= 11 is 7.64. The second kappa shape index (κ2) is 5.73. The Labute approximate surface area is 170 Å². The molecule has 0 unspecified atom stereocenters. The maximum atomic E-state index is 12.8. The summed E-state index contributed by atoms with van der Waals surface area (Å²) < 4.78 is 29.9. The summed E-state index contributed by atoms with van der Waals surface area (Å²) in [4.78, 5) is 4.37. The van der Waals surface area contributed by atoms with Gasteiger partial charge in [0.1, 0.15) is 21.0 Å². The van der Waals surface area contributed by atoms with E-state index in [0.717, 1.165) is 25.7 Å². The molecule has 0 atom stereocenters. The van der Waals surface area contributed by atoms with Crippen molar-refractivity contribution in [3.05, 3.63) is 28.5 Å². The summed E-state index contributed by atoms with van der Waals surface area (Å²) in [7, 11) is -3.72.